The van der Waals surface area contributed by atoms with Crippen molar-refractivity contribution in [2.75, 3.05) is 12.0 Å². The zero-order valence-corrected chi connectivity index (χ0v) is 25.4. The van der Waals surface area contributed by atoms with Crippen LogP contribution in [0.1, 0.15) is 67.3 Å². The fourth-order valence-corrected chi connectivity index (χ4v) is 6.34. The van der Waals surface area contributed by atoms with Crippen LogP contribution in [0.5, 0.6) is 11.5 Å². The Balaban J connectivity index is 1.65. The van der Waals surface area contributed by atoms with Crippen molar-refractivity contribution >= 4 is 11.5 Å². The standard InChI is InChI=1S/C36H39N3O3/c1-7-24-10-8-9-11-30(24)39-31-18-36(4,5)19-32(40)34(31)33(29(20-37)35(39)38)28-17-25(22(2)16-23(28)3)21-42-27-14-12-26(41-6)13-15-27/h8-17,33H,7,18-19,21,38H2,1-6H3. The van der Waals surface area contributed by atoms with Gasteiger partial charge < -0.3 is 15.2 Å². The summed E-state index contributed by atoms with van der Waals surface area (Å²) in [6, 6.07) is 22.2. The molecule has 0 aromatic heterocycles. The lowest BCUT2D eigenvalue weighted by Gasteiger charge is -2.44. The van der Waals surface area contributed by atoms with Gasteiger partial charge in [-0.3, -0.25) is 9.69 Å². The molecule has 3 aromatic rings. The third-order valence-electron chi connectivity index (χ3n) is 8.48. The summed E-state index contributed by atoms with van der Waals surface area (Å²) in [4.78, 5) is 16.0. The Morgan fingerprint density at radius 3 is 2.36 bits per heavy atom. The van der Waals surface area contributed by atoms with Crippen LogP contribution in [0, 0.1) is 30.6 Å². The Labute approximate surface area is 249 Å². The molecule has 0 radical (unpaired) electrons. The van der Waals surface area contributed by atoms with Gasteiger partial charge in [0.15, 0.2) is 5.78 Å². The normalized spacial score (nSPS) is 18.1. The molecule has 1 aliphatic heterocycles. The number of anilines is 1. The van der Waals surface area contributed by atoms with E-state index in [9.17, 15) is 10.1 Å². The van der Waals surface area contributed by atoms with Crippen LogP contribution < -0.4 is 20.1 Å². The van der Waals surface area contributed by atoms with Crippen molar-refractivity contribution in [3.8, 4) is 17.6 Å². The molecule has 0 amide bonds. The first-order valence-electron chi connectivity index (χ1n) is 14.5. The predicted molar refractivity (Wildman–Crippen MR) is 166 cm³/mol. The summed E-state index contributed by atoms with van der Waals surface area (Å²) in [6.45, 7) is 10.8. The minimum absolute atomic E-state index is 0.0708. The molecule has 3 aromatic carbocycles. The molecule has 2 N–H and O–H groups in total. The van der Waals surface area contributed by atoms with Crippen LogP contribution in [-0.2, 0) is 17.8 Å². The molecule has 0 spiro atoms. The number of benzene rings is 3. The second-order valence-electron chi connectivity index (χ2n) is 12.1. The quantitative estimate of drug-likeness (QED) is 0.323. The Morgan fingerprint density at radius 2 is 1.69 bits per heavy atom. The van der Waals surface area contributed by atoms with E-state index in [0.717, 1.165) is 57.1 Å². The van der Waals surface area contributed by atoms with Gasteiger partial charge in [-0.15, -0.1) is 0 Å². The Bertz CT molecular complexity index is 1640. The van der Waals surface area contributed by atoms with Crippen molar-refractivity contribution in [2.45, 2.75) is 66.4 Å². The number of hydrogen-bond donors (Lipinski definition) is 1. The molecule has 5 rings (SSSR count). The summed E-state index contributed by atoms with van der Waals surface area (Å²) in [5, 5.41) is 10.6. The number of nitrogens with zero attached hydrogens (tertiary/aromatic N) is 2. The fraction of sp³-hybridized carbons (Fsp3) is 0.333. The Kier molecular flexibility index (Phi) is 7.88. The van der Waals surface area contributed by atoms with Gasteiger partial charge in [0, 0.05) is 17.7 Å². The first-order chi connectivity index (χ1) is 20.1. The Hall–Kier alpha value is -4.50. The van der Waals surface area contributed by atoms with Crippen LogP contribution in [0.4, 0.5) is 5.69 Å². The number of carbonyl (C=O) groups excluding carboxylic acids is 1. The highest BCUT2D eigenvalue weighted by Crippen LogP contribution is 2.51. The number of rotatable bonds is 7. The average molecular weight is 562 g/mol. The molecule has 1 atom stereocenters. The van der Waals surface area contributed by atoms with Gasteiger partial charge in [-0.05, 0) is 90.3 Å². The molecule has 6 heteroatoms. The molecule has 1 heterocycles. The molecule has 216 valence electrons. The van der Waals surface area contributed by atoms with E-state index in [1.54, 1.807) is 7.11 Å². The van der Waals surface area contributed by atoms with E-state index in [-0.39, 0.29) is 11.2 Å². The highest BCUT2D eigenvalue weighted by Gasteiger charge is 2.45. The highest BCUT2D eigenvalue weighted by molar-refractivity contribution is 6.02. The molecule has 6 nitrogen and oxygen atoms in total. The number of para-hydroxylation sites is 1. The van der Waals surface area contributed by atoms with Gasteiger partial charge in [-0.2, -0.15) is 5.26 Å². The number of ketones is 1. The second kappa shape index (κ2) is 11.4. The van der Waals surface area contributed by atoms with E-state index in [1.165, 1.54) is 0 Å². The van der Waals surface area contributed by atoms with E-state index >= 15 is 0 Å². The number of allylic oxidation sites excluding steroid dienone is 3. The SMILES string of the molecule is CCc1ccccc1N1C(N)=C(C#N)C(c2cc(COc3ccc(OC)cc3)c(C)cc2C)C2=C1CC(C)(C)CC2=O. The number of nitrogens with two attached hydrogens (primary N) is 1. The van der Waals surface area contributed by atoms with Crippen molar-refractivity contribution in [3.63, 3.8) is 0 Å². The van der Waals surface area contributed by atoms with E-state index in [1.807, 2.05) is 54.3 Å². The first kappa shape index (κ1) is 29.0. The second-order valence-corrected chi connectivity index (χ2v) is 12.1. The first-order valence-corrected chi connectivity index (χ1v) is 14.5. The number of hydrogen-bond acceptors (Lipinski definition) is 6. The minimum Gasteiger partial charge on any atom is -0.497 e. The highest BCUT2D eigenvalue weighted by atomic mass is 16.5. The van der Waals surface area contributed by atoms with Crippen molar-refractivity contribution in [1.82, 2.24) is 0 Å². The third kappa shape index (κ3) is 5.27. The molecular weight excluding hydrogens is 522 g/mol. The lowest BCUT2D eigenvalue weighted by molar-refractivity contribution is -0.118. The summed E-state index contributed by atoms with van der Waals surface area (Å²) in [6.07, 6.45) is 1.91. The van der Waals surface area contributed by atoms with Crippen molar-refractivity contribution in [1.29, 1.82) is 5.26 Å². The van der Waals surface area contributed by atoms with Crippen molar-refractivity contribution in [3.05, 3.63) is 111 Å². The fourth-order valence-electron chi connectivity index (χ4n) is 6.34. The van der Waals surface area contributed by atoms with Gasteiger partial charge in [0.25, 0.3) is 0 Å². The third-order valence-corrected chi connectivity index (χ3v) is 8.48. The summed E-state index contributed by atoms with van der Waals surface area (Å²) < 4.78 is 11.4. The molecular formula is C36H39N3O3. The summed E-state index contributed by atoms with van der Waals surface area (Å²) in [5.74, 6) is 1.42. The van der Waals surface area contributed by atoms with E-state index in [0.29, 0.717) is 36.4 Å². The maximum absolute atomic E-state index is 14.1. The molecule has 2 aliphatic rings. The van der Waals surface area contributed by atoms with Crippen LogP contribution in [-0.4, -0.2) is 12.9 Å². The molecule has 0 fully saturated rings. The molecule has 0 saturated carbocycles. The zero-order chi connectivity index (χ0) is 30.2. The molecule has 1 aliphatic carbocycles. The average Bonchev–Trinajstić information content (AvgIpc) is 2.96. The number of nitriles is 1. The van der Waals surface area contributed by atoms with Crippen LogP contribution in [0.3, 0.4) is 0 Å². The number of aryl methyl sites for hydroxylation is 3. The van der Waals surface area contributed by atoms with Crippen LogP contribution in [0.2, 0.25) is 0 Å². The zero-order valence-electron chi connectivity index (χ0n) is 25.4. The van der Waals surface area contributed by atoms with Gasteiger partial charge in [-0.25, -0.2) is 0 Å². The van der Waals surface area contributed by atoms with Crippen molar-refractivity contribution < 1.29 is 14.3 Å². The van der Waals surface area contributed by atoms with Gasteiger partial charge in [0.1, 0.15) is 23.9 Å². The summed E-state index contributed by atoms with van der Waals surface area (Å²) in [7, 11) is 1.63. The van der Waals surface area contributed by atoms with Crippen LogP contribution in [0.15, 0.2) is 83.3 Å². The van der Waals surface area contributed by atoms with E-state index in [2.05, 4.69) is 52.0 Å². The maximum atomic E-state index is 14.1. The predicted octanol–water partition coefficient (Wildman–Crippen LogP) is 7.39. The monoisotopic (exact) mass is 561 g/mol. The van der Waals surface area contributed by atoms with E-state index < -0.39 is 5.92 Å². The number of ether oxygens (including phenoxy) is 2. The maximum Gasteiger partial charge on any atom is 0.162 e. The van der Waals surface area contributed by atoms with Gasteiger partial charge in [0.05, 0.1) is 30.4 Å². The lowest BCUT2D eigenvalue weighted by Crippen LogP contribution is -2.42. The molecule has 0 bridgehead atoms. The lowest BCUT2D eigenvalue weighted by atomic mass is 9.68. The van der Waals surface area contributed by atoms with Crippen molar-refractivity contribution in [2.24, 2.45) is 11.1 Å². The van der Waals surface area contributed by atoms with Crippen LogP contribution >= 0.6 is 0 Å². The summed E-state index contributed by atoms with van der Waals surface area (Å²) in [5.41, 5.74) is 14.7. The Morgan fingerprint density at radius 1 is 1.00 bits per heavy atom. The molecule has 1 unspecified atom stereocenters. The largest absolute Gasteiger partial charge is 0.497 e. The van der Waals surface area contributed by atoms with Gasteiger partial charge in [0.2, 0.25) is 0 Å². The van der Waals surface area contributed by atoms with Gasteiger partial charge in [-0.1, -0.05) is 51.1 Å². The minimum atomic E-state index is -0.543. The van der Waals surface area contributed by atoms with E-state index in [4.69, 9.17) is 15.2 Å². The smallest absolute Gasteiger partial charge is 0.162 e. The number of methoxy groups -OCH3 is 1. The summed E-state index contributed by atoms with van der Waals surface area (Å²) >= 11 is 0. The molecule has 42 heavy (non-hydrogen) atoms. The molecule has 0 saturated heterocycles. The number of carbonyl (C=O) groups is 1. The topological polar surface area (TPSA) is 88.6 Å². The number of Topliss-reactive ketones (excluding diaryl/α,β-unsaturated/α-hetero) is 1. The van der Waals surface area contributed by atoms with Crippen LogP contribution in [0.25, 0.3) is 0 Å². The van der Waals surface area contributed by atoms with Gasteiger partial charge >= 0.3 is 0 Å².